The Labute approximate surface area is 138 Å². The highest BCUT2D eigenvalue weighted by molar-refractivity contribution is 5.69. The normalized spacial score (nSPS) is 18.7. The van der Waals surface area contributed by atoms with E-state index in [1.807, 2.05) is 0 Å². The number of aromatic nitrogens is 3. The lowest BCUT2D eigenvalue weighted by Crippen LogP contribution is -2.14. The molecule has 2 aliphatic rings. The molecular weight excluding hydrogens is 282 g/mol. The van der Waals surface area contributed by atoms with Crippen molar-refractivity contribution >= 4 is 12.2 Å². The van der Waals surface area contributed by atoms with Gasteiger partial charge in [-0.05, 0) is 50.0 Å². The van der Waals surface area contributed by atoms with Gasteiger partial charge in [-0.25, -0.2) is 0 Å². The van der Waals surface area contributed by atoms with Crippen molar-refractivity contribution in [2.75, 3.05) is 0 Å². The smallest absolute Gasteiger partial charge is 0.0750 e. The topological polar surface area (TPSA) is 30.7 Å². The second-order valence-electron chi connectivity index (χ2n) is 7.99. The first-order valence-electron chi connectivity index (χ1n) is 8.75. The Balaban J connectivity index is 1.63. The van der Waals surface area contributed by atoms with Gasteiger partial charge in [0.1, 0.15) is 0 Å². The monoisotopic (exact) mass is 307 g/mol. The molecule has 120 valence electrons. The Morgan fingerprint density at radius 2 is 1.87 bits per heavy atom. The van der Waals surface area contributed by atoms with E-state index in [-0.39, 0.29) is 5.41 Å². The quantitative estimate of drug-likeness (QED) is 0.799. The molecule has 3 heteroatoms. The van der Waals surface area contributed by atoms with E-state index in [0.29, 0.717) is 12.0 Å². The zero-order valence-electron chi connectivity index (χ0n) is 14.3. The van der Waals surface area contributed by atoms with Gasteiger partial charge in [0.25, 0.3) is 0 Å². The van der Waals surface area contributed by atoms with Crippen LogP contribution in [0, 0.1) is 0 Å². The van der Waals surface area contributed by atoms with Crippen molar-refractivity contribution in [2.24, 2.45) is 0 Å². The van der Waals surface area contributed by atoms with Crippen molar-refractivity contribution in [3.63, 3.8) is 0 Å². The highest BCUT2D eigenvalue weighted by Gasteiger charge is 2.28. The Kier molecular flexibility index (Phi) is 3.40. The van der Waals surface area contributed by atoms with Crippen molar-refractivity contribution in [1.29, 1.82) is 0 Å². The second kappa shape index (κ2) is 5.33. The Hall–Kier alpha value is -1.90. The summed E-state index contributed by atoms with van der Waals surface area (Å²) in [6, 6.07) is 6.98. The van der Waals surface area contributed by atoms with Crippen molar-refractivity contribution in [2.45, 2.75) is 63.8 Å². The van der Waals surface area contributed by atoms with E-state index in [4.69, 9.17) is 10.1 Å². The number of nitrogens with zero attached hydrogens (tertiary/aromatic N) is 3. The van der Waals surface area contributed by atoms with E-state index in [2.05, 4.69) is 62.0 Å². The molecule has 0 N–H and O–H groups in total. The third kappa shape index (κ3) is 3.24. The van der Waals surface area contributed by atoms with Crippen LogP contribution >= 0.6 is 0 Å². The Morgan fingerprint density at radius 1 is 1.09 bits per heavy atom. The van der Waals surface area contributed by atoms with Gasteiger partial charge >= 0.3 is 0 Å². The van der Waals surface area contributed by atoms with Crippen LogP contribution in [-0.2, 0) is 5.41 Å². The highest BCUT2D eigenvalue weighted by Crippen LogP contribution is 2.39. The number of pyridine rings is 1. The Bertz CT molecular complexity index is 740. The third-order valence-electron chi connectivity index (χ3n) is 4.61. The van der Waals surface area contributed by atoms with Gasteiger partial charge in [-0.1, -0.05) is 26.8 Å². The van der Waals surface area contributed by atoms with Gasteiger partial charge < -0.3 is 0 Å². The molecule has 0 unspecified atom stereocenters. The first kappa shape index (κ1) is 14.7. The molecule has 2 aromatic rings. The van der Waals surface area contributed by atoms with E-state index in [1.165, 1.54) is 42.6 Å². The SMILES string of the molecule is CC(C)(C)c1nn(C2CC2)cc1/C=C/c1cccc(C2CC2)n1. The first-order valence-corrected chi connectivity index (χ1v) is 8.75. The minimum Gasteiger partial charge on any atom is -0.269 e. The van der Waals surface area contributed by atoms with Crippen LogP contribution in [0.15, 0.2) is 24.4 Å². The maximum Gasteiger partial charge on any atom is 0.0750 e. The zero-order valence-corrected chi connectivity index (χ0v) is 14.3. The molecule has 4 rings (SSSR count). The van der Waals surface area contributed by atoms with E-state index >= 15 is 0 Å². The van der Waals surface area contributed by atoms with Gasteiger partial charge in [0, 0.05) is 28.8 Å². The summed E-state index contributed by atoms with van der Waals surface area (Å²) in [4.78, 5) is 4.78. The molecule has 0 spiro atoms. The minimum atomic E-state index is 0.0586. The molecule has 0 radical (unpaired) electrons. The maximum atomic E-state index is 4.86. The first-order chi connectivity index (χ1) is 11.0. The standard InChI is InChI=1S/C20H25N3/c1-20(2,3)19-15(13-23(22-19)17-11-12-17)9-10-16-5-4-6-18(21-16)14-7-8-14/h4-6,9-10,13-14,17H,7-8,11-12H2,1-3H3/b10-9+. The molecule has 23 heavy (non-hydrogen) atoms. The van der Waals surface area contributed by atoms with Gasteiger partial charge in [0.15, 0.2) is 0 Å². The molecule has 0 aliphatic heterocycles. The molecule has 2 fully saturated rings. The molecule has 2 aromatic heterocycles. The van der Waals surface area contributed by atoms with Crippen LogP contribution in [0.1, 0.15) is 81.1 Å². The summed E-state index contributed by atoms with van der Waals surface area (Å²) in [6.07, 6.45) is 11.6. The van der Waals surface area contributed by atoms with E-state index in [1.54, 1.807) is 0 Å². The van der Waals surface area contributed by atoms with Crippen molar-refractivity contribution in [3.8, 4) is 0 Å². The zero-order chi connectivity index (χ0) is 16.0. The van der Waals surface area contributed by atoms with Crippen LogP contribution in [-0.4, -0.2) is 14.8 Å². The van der Waals surface area contributed by atoms with Crippen LogP contribution in [0.3, 0.4) is 0 Å². The van der Waals surface area contributed by atoms with Gasteiger partial charge in [-0.15, -0.1) is 0 Å². The van der Waals surface area contributed by atoms with Crippen LogP contribution in [0.5, 0.6) is 0 Å². The molecule has 0 amide bonds. The van der Waals surface area contributed by atoms with Crippen molar-refractivity contribution < 1.29 is 0 Å². The fraction of sp³-hybridized carbons (Fsp3) is 0.500. The van der Waals surface area contributed by atoms with Gasteiger partial charge in [-0.2, -0.15) is 5.10 Å². The molecule has 2 aliphatic carbocycles. The largest absolute Gasteiger partial charge is 0.269 e. The molecule has 0 aromatic carbocycles. The lowest BCUT2D eigenvalue weighted by Gasteiger charge is -2.16. The maximum absolute atomic E-state index is 4.86. The average Bonchev–Trinajstić information content (AvgIpc) is 3.41. The summed E-state index contributed by atoms with van der Waals surface area (Å²) >= 11 is 0. The lowest BCUT2D eigenvalue weighted by molar-refractivity contribution is 0.536. The molecule has 3 nitrogen and oxygen atoms in total. The molecule has 2 saturated carbocycles. The molecular formula is C20H25N3. The summed E-state index contributed by atoms with van der Waals surface area (Å²) in [5, 5.41) is 4.86. The molecule has 0 saturated heterocycles. The number of hydrogen-bond donors (Lipinski definition) is 0. The average molecular weight is 307 g/mol. The fourth-order valence-electron chi connectivity index (χ4n) is 2.98. The van der Waals surface area contributed by atoms with Crippen LogP contribution in [0.2, 0.25) is 0 Å². The van der Waals surface area contributed by atoms with Crippen LogP contribution in [0.4, 0.5) is 0 Å². The number of rotatable bonds is 4. The number of hydrogen-bond acceptors (Lipinski definition) is 2. The van der Waals surface area contributed by atoms with E-state index in [0.717, 1.165) is 5.69 Å². The summed E-state index contributed by atoms with van der Waals surface area (Å²) in [5.74, 6) is 0.700. The molecule has 0 atom stereocenters. The van der Waals surface area contributed by atoms with Gasteiger partial charge in [0.2, 0.25) is 0 Å². The summed E-state index contributed by atoms with van der Waals surface area (Å²) < 4.78 is 2.16. The summed E-state index contributed by atoms with van der Waals surface area (Å²) in [6.45, 7) is 6.70. The highest BCUT2D eigenvalue weighted by atomic mass is 15.3. The van der Waals surface area contributed by atoms with Gasteiger partial charge in [-0.3, -0.25) is 9.67 Å². The lowest BCUT2D eigenvalue weighted by atomic mass is 9.89. The Morgan fingerprint density at radius 3 is 2.52 bits per heavy atom. The van der Waals surface area contributed by atoms with E-state index in [9.17, 15) is 0 Å². The van der Waals surface area contributed by atoms with Gasteiger partial charge in [0.05, 0.1) is 17.4 Å². The van der Waals surface area contributed by atoms with Crippen LogP contribution < -0.4 is 0 Å². The second-order valence-corrected chi connectivity index (χ2v) is 7.99. The van der Waals surface area contributed by atoms with Crippen LogP contribution in [0.25, 0.3) is 12.2 Å². The molecule has 2 heterocycles. The van der Waals surface area contributed by atoms with E-state index < -0.39 is 0 Å². The summed E-state index contributed by atoms with van der Waals surface area (Å²) in [7, 11) is 0. The predicted octanol–water partition coefficient (Wildman–Crippen LogP) is 4.96. The minimum absolute atomic E-state index is 0.0586. The van der Waals surface area contributed by atoms with Crippen molar-refractivity contribution in [3.05, 3.63) is 47.0 Å². The summed E-state index contributed by atoms with van der Waals surface area (Å²) in [5.41, 5.74) is 4.76. The molecule has 0 bridgehead atoms. The predicted molar refractivity (Wildman–Crippen MR) is 94.3 cm³/mol. The third-order valence-corrected chi connectivity index (χ3v) is 4.61. The van der Waals surface area contributed by atoms with Crippen molar-refractivity contribution in [1.82, 2.24) is 14.8 Å². The fourth-order valence-corrected chi connectivity index (χ4v) is 2.98.